The summed E-state index contributed by atoms with van der Waals surface area (Å²) < 4.78 is 1.88. The van der Waals surface area contributed by atoms with Crippen molar-refractivity contribution in [3.8, 4) is 5.69 Å². The van der Waals surface area contributed by atoms with E-state index in [-0.39, 0.29) is 23.6 Å². The van der Waals surface area contributed by atoms with Crippen molar-refractivity contribution in [2.45, 2.75) is 33.7 Å². The maximum Gasteiger partial charge on any atom is 0.270 e. The fourth-order valence-electron chi connectivity index (χ4n) is 5.60. The SMILES string of the molecule is CC(C)C(=O)N1CCN(C(=O)c2cc3cc(C(=O)N4CCN(C(C)C)CC4)ccc3n2-c2ccnc(Cl)c2)CC1. The van der Waals surface area contributed by atoms with E-state index in [9.17, 15) is 14.4 Å². The topological polar surface area (TPSA) is 82.0 Å². The van der Waals surface area contributed by atoms with Crippen LogP contribution in [0.15, 0.2) is 42.6 Å². The van der Waals surface area contributed by atoms with E-state index < -0.39 is 0 Å². The van der Waals surface area contributed by atoms with Crippen LogP contribution in [0.25, 0.3) is 16.6 Å². The molecule has 212 valence electrons. The summed E-state index contributed by atoms with van der Waals surface area (Å²) in [4.78, 5) is 51.7. The predicted molar refractivity (Wildman–Crippen MR) is 156 cm³/mol. The van der Waals surface area contributed by atoms with E-state index in [1.54, 1.807) is 17.2 Å². The van der Waals surface area contributed by atoms with Crippen LogP contribution in [0, 0.1) is 5.92 Å². The van der Waals surface area contributed by atoms with Gasteiger partial charge in [0.2, 0.25) is 5.91 Å². The van der Waals surface area contributed by atoms with Gasteiger partial charge in [0, 0.05) is 81.5 Å². The van der Waals surface area contributed by atoms with Crippen molar-refractivity contribution in [3.05, 3.63) is 59.0 Å². The number of halogens is 1. The van der Waals surface area contributed by atoms with Gasteiger partial charge in [0.1, 0.15) is 10.8 Å². The number of aromatic nitrogens is 2. The van der Waals surface area contributed by atoms with Crippen LogP contribution in [0.3, 0.4) is 0 Å². The van der Waals surface area contributed by atoms with Gasteiger partial charge in [0.25, 0.3) is 11.8 Å². The highest BCUT2D eigenvalue weighted by molar-refractivity contribution is 6.29. The predicted octanol–water partition coefficient (Wildman–Crippen LogP) is 3.79. The molecular weight excluding hydrogens is 528 g/mol. The number of carbonyl (C=O) groups excluding carboxylic acids is 3. The Morgan fingerprint density at radius 1 is 0.775 bits per heavy atom. The van der Waals surface area contributed by atoms with Crippen molar-refractivity contribution in [3.63, 3.8) is 0 Å². The number of benzene rings is 1. The van der Waals surface area contributed by atoms with E-state index in [1.807, 2.05) is 58.5 Å². The Balaban J connectivity index is 1.45. The van der Waals surface area contributed by atoms with E-state index in [4.69, 9.17) is 11.6 Å². The Morgan fingerprint density at radius 3 is 2.02 bits per heavy atom. The summed E-state index contributed by atoms with van der Waals surface area (Å²) in [6, 6.07) is 11.5. The molecule has 0 saturated carbocycles. The smallest absolute Gasteiger partial charge is 0.270 e. The molecule has 0 N–H and O–H groups in total. The summed E-state index contributed by atoms with van der Waals surface area (Å²) >= 11 is 6.24. The Bertz CT molecular complexity index is 1420. The number of rotatable bonds is 5. The first-order valence-electron chi connectivity index (χ1n) is 14.0. The van der Waals surface area contributed by atoms with Crippen molar-refractivity contribution in [2.24, 2.45) is 5.92 Å². The molecule has 10 heteroatoms. The molecule has 0 radical (unpaired) electrons. The van der Waals surface area contributed by atoms with Gasteiger partial charge in [-0.2, -0.15) is 0 Å². The van der Waals surface area contributed by atoms with Crippen LogP contribution >= 0.6 is 11.6 Å². The summed E-state index contributed by atoms with van der Waals surface area (Å²) in [5.74, 6) is -0.0880. The Hall–Kier alpha value is -3.43. The fraction of sp³-hybridized carbons (Fsp3) is 0.467. The van der Waals surface area contributed by atoms with E-state index in [1.165, 1.54) is 0 Å². The summed E-state index contributed by atoms with van der Waals surface area (Å²) in [5, 5.41) is 1.13. The van der Waals surface area contributed by atoms with Gasteiger partial charge in [-0.1, -0.05) is 25.4 Å². The number of amides is 3. The standard InChI is InChI=1S/C30H37ClN6O3/c1-20(2)28(38)34-13-15-36(16-14-34)30(40)26-18-23-17-22(29(39)35-11-9-33(10-12-35)21(3)4)5-6-25(23)37(26)24-7-8-32-27(31)19-24/h5-8,17-21H,9-16H2,1-4H3. The number of nitrogens with zero attached hydrogens (tertiary/aromatic N) is 6. The maximum absolute atomic E-state index is 13.9. The second-order valence-corrected chi connectivity index (χ2v) is 11.6. The number of hydrogen-bond donors (Lipinski definition) is 0. The number of piperazine rings is 2. The molecule has 3 aromatic rings. The lowest BCUT2D eigenvalue weighted by molar-refractivity contribution is -0.135. The third kappa shape index (κ3) is 5.58. The lowest BCUT2D eigenvalue weighted by Gasteiger charge is -2.37. The second-order valence-electron chi connectivity index (χ2n) is 11.2. The lowest BCUT2D eigenvalue weighted by Crippen LogP contribution is -2.51. The molecule has 1 aromatic carbocycles. The lowest BCUT2D eigenvalue weighted by atomic mass is 10.1. The first kappa shape index (κ1) is 28.1. The number of fused-ring (bicyclic) bond motifs is 1. The van der Waals surface area contributed by atoms with E-state index in [0.717, 1.165) is 29.7 Å². The third-order valence-electron chi connectivity index (χ3n) is 7.94. The number of carbonyl (C=O) groups is 3. The minimum Gasteiger partial charge on any atom is -0.339 e. The summed E-state index contributed by atoms with van der Waals surface area (Å²) in [5.41, 5.74) is 2.61. The average Bonchev–Trinajstić information content (AvgIpc) is 3.35. The zero-order valence-corrected chi connectivity index (χ0v) is 24.4. The number of hydrogen-bond acceptors (Lipinski definition) is 5. The highest BCUT2D eigenvalue weighted by atomic mass is 35.5. The second kappa shape index (κ2) is 11.6. The number of pyridine rings is 1. The van der Waals surface area contributed by atoms with Crippen molar-refractivity contribution in [1.82, 2.24) is 29.2 Å². The Kier molecular flexibility index (Phi) is 8.14. The van der Waals surface area contributed by atoms with Crippen LogP contribution in [0.2, 0.25) is 5.15 Å². The summed E-state index contributed by atoms with van der Waals surface area (Å²) in [6.07, 6.45) is 1.61. The highest BCUT2D eigenvalue weighted by Crippen LogP contribution is 2.28. The molecule has 2 aromatic heterocycles. The van der Waals surface area contributed by atoms with Gasteiger partial charge < -0.3 is 19.3 Å². The summed E-state index contributed by atoms with van der Waals surface area (Å²) in [6.45, 7) is 13.2. The van der Waals surface area contributed by atoms with Gasteiger partial charge in [-0.15, -0.1) is 0 Å². The van der Waals surface area contributed by atoms with Crippen LogP contribution in [-0.4, -0.2) is 105 Å². The van der Waals surface area contributed by atoms with Gasteiger partial charge in [-0.25, -0.2) is 4.98 Å². The molecule has 2 saturated heterocycles. The van der Waals surface area contributed by atoms with Gasteiger partial charge in [0.05, 0.1) is 11.2 Å². The molecule has 0 bridgehead atoms. The van der Waals surface area contributed by atoms with Gasteiger partial charge in [-0.3, -0.25) is 19.3 Å². The quantitative estimate of drug-likeness (QED) is 0.441. The molecule has 0 atom stereocenters. The molecule has 2 aliphatic heterocycles. The van der Waals surface area contributed by atoms with Crippen LogP contribution < -0.4 is 0 Å². The molecule has 2 fully saturated rings. The zero-order valence-electron chi connectivity index (χ0n) is 23.6. The maximum atomic E-state index is 13.9. The highest BCUT2D eigenvalue weighted by Gasteiger charge is 2.29. The van der Waals surface area contributed by atoms with Crippen molar-refractivity contribution < 1.29 is 14.4 Å². The van der Waals surface area contributed by atoms with Gasteiger partial charge in [-0.05, 0) is 50.2 Å². The molecule has 4 heterocycles. The minimum absolute atomic E-state index is 0.00355. The molecular formula is C30H37ClN6O3. The Labute approximate surface area is 240 Å². The molecule has 2 aliphatic rings. The molecule has 0 spiro atoms. The first-order chi connectivity index (χ1) is 19.1. The van der Waals surface area contributed by atoms with Crippen LogP contribution in [0.1, 0.15) is 48.5 Å². The minimum atomic E-state index is -0.126. The fourth-order valence-corrected chi connectivity index (χ4v) is 5.76. The Morgan fingerprint density at radius 2 is 1.40 bits per heavy atom. The molecule has 3 amide bonds. The summed E-state index contributed by atoms with van der Waals surface area (Å²) in [7, 11) is 0. The van der Waals surface area contributed by atoms with Crippen molar-refractivity contribution in [1.29, 1.82) is 0 Å². The van der Waals surface area contributed by atoms with E-state index in [0.29, 0.717) is 61.7 Å². The normalized spacial score (nSPS) is 16.8. The van der Waals surface area contributed by atoms with Crippen LogP contribution in [0.5, 0.6) is 0 Å². The van der Waals surface area contributed by atoms with Gasteiger partial charge in [0.15, 0.2) is 0 Å². The van der Waals surface area contributed by atoms with Crippen LogP contribution in [-0.2, 0) is 4.79 Å². The molecule has 0 aliphatic carbocycles. The molecule has 5 rings (SSSR count). The first-order valence-corrected chi connectivity index (χ1v) is 14.4. The monoisotopic (exact) mass is 564 g/mol. The molecule has 0 unspecified atom stereocenters. The van der Waals surface area contributed by atoms with Crippen molar-refractivity contribution >= 4 is 40.2 Å². The molecule has 40 heavy (non-hydrogen) atoms. The van der Waals surface area contributed by atoms with E-state index >= 15 is 0 Å². The largest absolute Gasteiger partial charge is 0.339 e. The van der Waals surface area contributed by atoms with E-state index in [2.05, 4.69) is 23.7 Å². The van der Waals surface area contributed by atoms with Gasteiger partial charge >= 0.3 is 0 Å². The zero-order chi connectivity index (χ0) is 28.6. The average molecular weight is 565 g/mol. The van der Waals surface area contributed by atoms with Crippen LogP contribution in [0.4, 0.5) is 0 Å². The molecule has 9 nitrogen and oxygen atoms in total. The third-order valence-corrected chi connectivity index (χ3v) is 8.15. The van der Waals surface area contributed by atoms with Crippen molar-refractivity contribution in [2.75, 3.05) is 52.4 Å².